The van der Waals surface area contributed by atoms with Crippen LogP contribution in [-0.2, 0) is 10.0 Å². The minimum absolute atomic E-state index is 0.254. The van der Waals surface area contributed by atoms with Gasteiger partial charge in [-0.25, -0.2) is 13.1 Å². The standard InChI is InChI=1S/C18H23N3O2S2/c22-25(23,16-3-1-2-15-17(16)21-24-20-15)19-5-4-18-9-12-6-13(10-18)8-14(7-12)11-18/h1-3,12-14,19H,4-11H2. The van der Waals surface area contributed by atoms with E-state index >= 15 is 0 Å². The molecule has 1 N–H and O–H groups in total. The van der Waals surface area contributed by atoms with Crippen LogP contribution in [0.1, 0.15) is 44.9 Å². The minimum atomic E-state index is -3.54. The van der Waals surface area contributed by atoms with Gasteiger partial charge in [-0.15, -0.1) is 0 Å². The average Bonchev–Trinajstić information content (AvgIpc) is 3.01. The van der Waals surface area contributed by atoms with Crippen LogP contribution in [-0.4, -0.2) is 23.7 Å². The van der Waals surface area contributed by atoms with Crippen molar-refractivity contribution >= 4 is 32.8 Å². The highest BCUT2D eigenvalue weighted by atomic mass is 32.2. The Hall–Kier alpha value is -1.05. The van der Waals surface area contributed by atoms with Gasteiger partial charge in [-0.1, -0.05) is 6.07 Å². The summed E-state index contributed by atoms with van der Waals surface area (Å²) in [6.07, 6.45) is 9.17. The maximum Gasteiger partial charge on any atom is 0.242 e. The molecule has 5 nitrogen and oxygen atoms in total. The molecule has 4 saturated carbocycles. The number of nitrogens with zero attached hydrogens (tertiary/aromatic N) is 2. The van der Waals surface area contributed by atoms with Crippen LogP contribution in [0.5, 0.6) is 0 Å². The van der Waals surface area contributed by atoms with Crippen LogP contribution in [0.2, 0.25) is 0 Å². The lowest BCUT2D eigenvalue weighted by Crippen LogP contribution is -2.47. The SMILES string of the molecule is O=S(=O)(NCCC12CC3CC(CC(C3)C1)C2)c1cccc2nsnc12. The second-order valence-electron chi connectivity index (χ2n) is 8.45. The number of nitrogens with one attached hydrogen (secondary N) is 1. The van der Waals surface area contributed by atoms with Gasteiger partial charge in [0.15, 0.2) is 0 Å². The Morgan fingerprint density at radius 1 is 1.08 bits per heavy atom. The zero-order chi connectivity index (χ0) is 17.1. The molecule has 2 aromatic rings. The lowest BCUT2D eigenvalue weighted by atomic mass is 9.49. The van der Waals surface area contributed by atoms with Crippen LogP contribution in [0, 0.1) is 23.2 Å². The smallest absolute Gasteiger partial charge is 0.211 e. The van der Waals surface area contributed by atoms with E-state index in [1.54, 1.807) is 18.2 Å². The highest BCUT2D eigenvalue weighted by molar-refractivity contribution is 7.89. The second kappa shape index (κ2) is 5.72. The Kier molecular flexibility index (Phi) is 3.70. The summed E-state index contributed by atoms with van der Waals surface area (Å²) in [5.74, 6) is 2.70. The van der Waals surface area contributed by atoms with Crippen molar-refractivity contribution in [2.24, 2.45) is 23.2 Å². The Labute approximate surface area is 152 Å². The topological polar surface area (TPSA) is 72.0 Å². The molecule has 6 rings (SSSR count). The van der Waals surface area contributed by atoms with Crippen LogP contribution in [0.4, 0.5) is 0 Å². The summed E-state index contributed by atoms with van der Waals surface area (Å²) < 4.78 is 36.6. The van der Waals surface area contributed by atoms with E-state index in [1.807, 2.05) is 0 Å². The number of rotatable bonds is 5. The van der Waals surface area contributed by atoms with E-state index in [0.717, 1.165) is 35.9 Å². The summed E-state index contributed by atoms with van der Waals surface area (Å²) in [6, 6.07) is 5.15. The van der Waals surface area contributed by atoms with Crippen molar-refractivity contribution in [1.29, 1.82) is 0 Å². The molecule has 1 aromatic carbocycles. The van der Waals surface area contributed by atoms with Gasteiger partial charge in [0.25, 0.3) is 0 Å². The third-order valence-corrected chi connectivity index (χ3v) is 8.69. The molecule has 0 radical (unpaired) electrons. The lowest BCUT2D eigenvalue weighted by molar-refractivity contribution is -0.0561. The van der Waals surface area contributed by atoms with Gasteiger partial charge in [0.2, 0.25) is 10.0 Å². The number of fused-ring (bicyclic) bond motifs is 1. The third-order valence-electron chi connectivity index (χ3n) is 6.65. The van der Waals surface area contributed by atoms with E-state index < -0.39 is 10.0 Å². The molecule has 0 amide bonds. The first-order valence-corrected chi connectivity index (χ1v) is 11.5. The quantitative estimate of drug-likeness (QED) is 0.864. The predicted octanol–water partition coefficient (Wildman–Crippen LogP) is 3.58. The summed E-state index contributed by atoms with van der Waals surface area (Å²) in [7, 11) is -3.54. The largest absolute Gasteiger partial charge is 0.242 e. The van der Waals surface area contributed by atoms with Gasteiger partial charge < -0.3 is 0 Å². The first-order valence-electron chi connectivity index (χ1n) is 9.24. The molecule has 4 fully saturated rings. The van der Waals surface area contributed by atoms with Gasteiger partial charge in [-0.3, -0.25) is 0 Å². The van der Waals surface area contributed by atoms with Crippen molar-refractivity contribution in [3.05, 3.63) is 18.2 Å². The van der Waals surface area contributed by atoms with E-state index in [2.05, 4.69) is 13.5 Å². The lowest BCUT2D eigenvalue weighted by Gasteiger charge is -2.57. The molecule has 4 aliphatic rings. The van der Waals surface area contributed by atoms with E-state index in [4.69, 9.17) is 0 Å². The van der Waals surface area contributed by atoms with Gasteiger partial charge in [-0.05, 0) is 80.2 Å². The number of benzene rings is 1. The van der Waals surface area contributed by atoms with Gasteiger partial charge in [-0.2, -0.15) is 8.75 Å². The number of sulfonamides is 1. The molecule has 1 heterocycles. The van der Waals surface area contributed by atoms with Crippen LogP contribution in [0.15, 0.2) is 23.1 Å². The Balaban J connectivity index is 1.31. The fraction of sp³-hybridized carbons (Fsp3) is 0.667. The first-order chi connectivity index (χ1) is 12.0. The van der Waals surface area contributed by atoms with Crippen molar-refractivity contribution in [2.45, 2.75) is 49.8 Å². The van der Waals surface area contributed by atoms with Gasteiger partial charge in [0.1, 0.15) is 15.9 Å². The molecule has 134 valence electrons. The van der Waals surface area contributed by atoms with Gasteiger partial charge in [0, 0.05) is 6.54 Å². The molecule has 7 heteroatoms. The molecule has 0 atom stereocenters. The predicted molar refractivity (Wildman–Crippen MR) is 97.8 cm³/mol. The number of hydrogen-bond acceptors (Lipinski definition) is 5. The van der Waals surface area contributed by atoms with Crippen molar-refractivity contribution in [3.8, 4) is 0 Å². The zero-order valence-corrected chi connectivity index (χ0v) is 15.8. The van der Waals surface area contributed by atoms with Crippen LogP contribution >= 0.6 is 11.7 Å². The molecule has 4 aliphatic carbocycles. The molecule has 0 spiro atoms. The summed E-state index contributed by atoms with van der Waals surface area (Å²) in [5, 5.41) is 0. The highest BCUT2D eigenvalue weighted by Gasteiger charge is 2.50. The molecular formula is C18H23N3O2S2. The summed E-state index contributed by atoms with van der Waals surface area (Å²) in [5.41, 5.74) is 1.52. The Morgan fingerprint density at radius 3 is 2.44 bits per heavy atom. The monoisotopic (exact) mass is 377 g/mol. The summed E-state index contributed by atoms with van der Waals surface area (Å²) >= 11 is 1.05. The summed E-state index contributed by atoms with van der Waals surface area (Å²) in [4.78, 5) is 0.254. The van der Waals surface area contributed by atoms with E-state index in [9.17, 15) is 8.42 Å². The fourth-order valence-corrected chi connectivity index (χ4v) is 7.92. The molecule has 0 aliphatic heterocycles. The third kappa shape index (κ3) is 2.80. The van der Waals surface area contributed by atoms with Gasteiger partial charge >= 0.3 is 0 Å². The van der Waals surface area contributed by atoms with E-state index in [0.29, 0.717) is 23.0 Å². The normalized spacial score (nSPS) is 34.0. The number of aromatic nitrogens is 2. The maximum absolute atomic E-state index is 12.8. The highest BCUT2D eigenvalue weighted by Crippen LogP contribution is 2.61. The maximum atomic E-state index is 12.8. The van der Waals surface area contributed by atoms with Crippen LogP contribution in [0.25, 0.3) is 11.0 Å². The van der Waals surface area contributed by atoms with Crippen molar-refractivity contribution in [1.82, 2.24) is 13.5 Å². The molecular weight excluding hydrogens is 354 g/mol. The Morgan fingerprint density at radius 2 is 1.76 bits per heavy atom. The minimum Gasteiger partial charge on any atom is -0.211 e. The van der Waals surface area contributed by atoms with Crippen molar-refractivity contribution in [3.63, 3.8) is 0 Å². The zero-order valence-electron chi connectivity index (χ0n) is 14.1. The molecule has 1 aromatic heterocycles. The molecule has 0 saturated heterocycles. The van der Waals surface area contributed by atoms with Crippen molar-refractivity contribution < 1.29 is 8.42 Å². The number of hydrogen-bond donors (Lipinski definition) is 1. The van der Waals surface area contributed by atoms with E-state index in [-0.39, 0.29) is 4.90 Å². The molecule has 0 unspecified atom stereocenters. The fourth-order valence-electron chi connectivity index (χ4n) is 6.12. The molecule has 4 bridgehead atoms. The van der Waals surface area contributed by atoms with Crippen LogP contribution < -0.4 is 4.72 Å². The summed E-state index contributed by atoms with van der Waals surface area (Å²) in [6.45, 7) is 0.530. The van der Waals surface area contributed by atoms with E-state index in [1.165, 1.54) is 38.5 Å². The van der Waals surface area contributed by atoms with Gasteiger partial charge in [0.05, 0.1) is 11.7 Å². The Bertz CT molecular complexity index is 871. The molecule has 25 heavy (non-hydrogen) atoms. The average molecular weight is 378 g/mol. The first kappa shape index (κ1) is 16.1. The van der Waals surface area contributed by atoms with Crippen LogP contribution in [0.3, 0.4) is 0 Å². The second-order valence-corrected chi connectivity index (χ2v) is 10.7. The van der Waals surface area contributed by atoms with Crippen molar-refractivity contribution in [2.75, 3.05) is 6.54 Å².